The van der Waals surface area contributed by atoms with Crippen molar-refractivity contribution in [2.24, 2.45) is 0 Å². The van der Waals surface area contributed by atoms with Gasteiger partial charge in [-0.05, 0) is 12.5 Å². The molecule has 2 nitrogen and oxygen atoms in total. The Morgan fingerprint density at radius 1 is 2.00 bits per heavy atom. The third-order valence-electron chi connectivity index (χ3n) is 0.377. The zero-order valence-corrected chi connectivity index (χ0v) is 4.23. The Bertz CT molecular complexity index is 76.1. The standard InChI is InChI=1S/C5H7O2/c1-5(2)3-7-4-6/h1,3H2,2H3. The Labute approximate surface area is 42.8 Å². The molecule has 0 aromatic heterocycles. The lowest BCUT2D eigenvalue weighted by molar-refractivity contribution is 0.306. The molecule has 0 aliphatic carbocycles. The first-order valence-corrected chi connectivity index (χ1v) is 1.90. The first kappa shape index (κ1) is 6.21. The predicted molar refractivity (Wildman–Crippen MR) is 26.5 cm³/mol. The maximum atomic E-state index is 9.32. The van der Waals surface area contributed by atoms with Gasteiger partial charge in [0.05, 0.1) is 0 Å². The Balaban J connectivity index is 2.97. The maximum Gasteiger partial charge on any atom is 0.417 e. The minimum atomic E-state index is 0.281. The van der Waals surface area contributed by atoms with Crippen molar-refractivity contribution in [3.63, 3.8) is 0 Å². The Morgan fingerprint density at radius 2 is 2.57 bits per heavy atom. The zero-order valence-electron chi connectivity index (χ0n) is 4.23. The van der Waals surface area contributed by atoms with Gasteiger partial charge in [0, 0.05) is 0 Å². The van der Waals surface area contributed by atoms with E-state index in [0.717, 1.165) is 5.57 Å². The van der Waals surface area contributed by atoms with Gasteiger partial charge in [0.1, 0.15) is 6.61 Å². The summed E-state index contributed by atoms with van der Waals surface area (Å²) >= 11 is 0. The first-order valence-electron chi connectivity index (χ1n) is 1.90. The monoisotopic (exact) mass is 99.0 g/mol. The molecular weight excluding hydrogens is 92.1 g/mol. The number of ether oxygens (including phenoxy) is 1. The molecule has 7 heavy (non-hydrogen) atoms. The van der Waals surface area contributed by atoms with Crippen LogP contribution in [0.5, 0.6) is 0 Å². The fraction of sp³-hybridized carbons (Fsp3) is 0.400. The van der Waals surface area contributed by atoms with Crippen molar-refractivity contribution in [3.8, 4) is 0 Å². The number of carbonyl (C=O) groups excluding carboxylic acids is 1. The van der Waals surface area contributed by atoms with E-state index < -0.39 is 0 Å². The third-order valence-corrected chi connectivity index (χ3v) is 0.377. The van der Waals surface area contributed by atoms with Gasteiger partial charge in [-0.25, -0.2) is 4.79 Å². The van der Waals surface area contributed by atoms with Crippen LogP contribution in [0.1, 0.15) is 6.92 Å². The summed E-state index contributed by atoms with van der Waals surface area (Å²) in [6, 6.07) is 0. The van der Waals surface area contributed by atoms with Crippen LogP contribution in [0, 0.1) is 0 Å². The van der Waals surface area contributed by atoms with E-state index in [-0.39, 0.29) is 6.61 Å². The average Bonchev–Trinajstić information content (AvgIpc) is 1.61. The van der Waals surface area contributed by atoms with Crippen LogP contribution in [-0.4, -0.2) is 13.1 Å². The van der Waals surface area contributed by atoms with Crippen LogP contribution in [0.2, 0.25) is 0 Å². The van der Waals surface area contributed by atoms with E-state index in [1.54, 1.807) is 6.92 Å². The van der Waals surface area contributed by atoms with Gasteiger partial charge in [0.25, 0.3) is 0 Å². The molecule has 0 spiro atoms. The Hall–Kier alpha value is -0.790. The van der Waals surface area contributed by atoms with Gasteiger partial charge in [-0.3, -0.25) is 0 Å². The Morgan fingerprint density at radius 3 is 2.71 bits per heavy atom. The molecule has 0 aromatic carbocycles. The summed E-state index contributed by atoms with van der Waals surface area (Å²) in [5, 5.41) is 0. The molecule has 2 heteroatoms. The normalized spacial score (nSPS) is 7.57. The highest BCUT2D eigenvalue weighted by Gasteiger charge is 1.80. The molecule has 39 valence electrons. The minimum absolute atomic E-state index is 0.281. The molecule has 0 fully saturated rings. The van der Waals surface area contributed by atoms with Crippen molar-refractivity contribution >= 4 is 6.47 Å². The van der Waals surface area contributed by atoms with Crippen LogP contribution in [0.4, 0.5) is 0 Å². The average molecular weight is 99.1 g/mol. The summed E-state index contributed by atoms with van der Waals surface area (Å²) in [5.74, 6) is 0. The van der Waals surface area contributed by atoms with Crippen molar-refractivity contribution in [2.75, 3.05) is 6.61 Å². The summed E-state index contributed by atoms with van der Waals surface area (Å²) in [4.78, 5) is 9.32. The van der Waals surface area contributed by atoms with E-state index in [4.69, 9.17) is 0 Å². The van der Waals surface area contributed by atoms with Crippen LogP contribution in [0.25, 0.3) is 0 Å². The molecule has 0 aliphatic heterocycles. The van der Waals surface area contributed by atoms with E-state index in [0.29, 0.717) is 0 Å². The van der Waals surface area contributed by atoms with Gasteiger partial charge >= 0.3 is 6.47 Å². The van der Waals surface area contributed by atoms with Crippen molar-refractivity contribution in [2.45, 2.75) is 6.92 Å². The molecule has 0 rings (SSSR count). The molecule has 0 heterocycles. The lowest BCUT2D eigenvalue weighted by Crippen LogP contribution is -1.89. The van der Waals surface area contributed by atoms with E-state index in [9.17, 15) is 4.79 Å². The highest BCUT2D eigenvalue weighted by atomic mass is 16.5. The van der Waals surface area contributed by atoms with Gasteiger partial charge in [-0.1, -0.05) is 6.58 Å². The summed E-state index contributed by atoms with van der Waals surface area (Å²) in [7, 11) is 0. The quantitative estimate of drug-likeness (QED) is 0.485. The van der Waals surface area contributed by atoms with Crippen molar-refractivity contribution in [1.82, 2.24) is 0 Å². The molecule has 0 amide bonds. The van der Waals surface area contributed by atoms with Gasteiger partial charge in [0.2, 0.25) is 0 Å². The molecule has 1 radical (unpaired) electrons. The lowest BCUT2D eigenvalue weighted by Gasteiger charge is -1.90. The summed E-state index contributed by atoms with van der Waals surface area (Å²) in [6.45, 7) is 6.83. The van der Waals surface area contributed by atoms with Crippen molar-refractivity contribution < 1.29 is 9.53 Å². The maximum absolute atomic E-state index is 9.32. The number of hydrogen-bond donors (Lipinski definition) is 0. The predicted octanol–water partition coefficient (Wildman–Crippen LogP) is 0.646. The second kappa shape index (κ2) is 3.40. The van der Waals surface area contributed by atoms with Gasteiger partial charge in [0.15, 0.2) is 0 Å². The van der Waals surface area contributed by atoms with Gasteiger partial charge in [-0.15, -0.1) is 0 Å². The second-order valence-electron chi connectivity index (χ2n) is 1.33. The van der Waals surface area contributed by atoms with E-state index in [1.807, 2.05) is 0 Å². The van der Waals surface area contributed by atoms with E-state index >= 15 is 0 Å². The van der Waals surface area contributed by atoms with Gasteiger partial charge < -0.3 is 4.74 Å². The SMILES string of the molecule is C=C(C)CO[C]=O. The lowest BCUT2D eigenvalue weighted by atomic mass is 10.4. The highest BCUT2D eigenvalue weighted by molar-refractivity contribution is 5.38. The van der Waals surface area contributed by atoms with Crippen molar-refractivity contribution in [1.29, 1.82) is 0 Å². The zero-order chi connectivity index (χ0) is 5.70. The molecule has 0 aromatic rings. The fourth-order valence-corrected chi connectivity index (χ4v) is 0.153. The third kappa shape index (κ3) is 5.21. The fourth-order valence-electron chi connectivity index (χ4n) is 0.153. The topological polar surface area (TPSA) is 26.3 Å². The van der Waals surface area contributed by atoms with E-state index in [2.05, 4.69) is 11.3 Å². The smallest absolute Gasteiger partial charge is 0.417 e. The van der Waals surface area contributed by atoms with Crippen LogP contribution in [-0.2, 0) is 9.53 Å². The summed E-state index contributed by atoms with van der Waals surface area (Å²) in [5.41, 5.74) is 0.823. The van der Waals surface area contributed by atoms with Crippen LogP contribution >= 0.6 is 0 Å². The largest absolute Gasteiger partial charge is 0.453 e. The highest BCUT2D eigenvalue weighted by Crippen LogP contribution is 1.83. The molecule has 0 bridgehead atoms. The molecule has 0 saturated heterocycles. The van der Waals surface area contributed by atoms with Gasteiger partial charge in [-0.2, -0.15) is 0 Å². The summed E-state index contributed by atoms with van der Waals surface area (Å²) in [6.07, 6.45) is 0. The minimum Gasteiger partial charge on any atom is -0.453 e. The molecule has 0 atom stereocenters. The van der Waals surface area contributed by atoms with Crippen molar-refractivity contribution in [3.05, 3.63) is 12.2 Å². The molecule has 0 aliphatic rings. The van der Waals surface area contributed by atoms with Crippen LogP contribution < -0.4 is 0 Å². The number of hydrogen-bond acceptors (Lipinski definition) is 2. The molecule has 0 saturated carbocycles. The molecule has 0 N–H and O–H groups in total. The molecule has 0 unspecified atom stereocenters. The second-order valence-corrected chi connectivity index (χ2v) is 1.33. The Kier molecular flexibility index (Phi) is 3.02. The number of rotatable bonds is 3. The van der Waals surface area contributed by atoms with E-state index in [1.165, 1.54) is 6.47 Å². The summed E-state index contributed by atoms with van der Waals surface area (Å²) < 4.78 is 4.19. The first-order chi connectivity index (χ1) is 3.27. The molecular formula is C5H7O2. The van der Waals surface area contributed by atoms with Crippen LogP contribution in [0.15, 0.2) is 12.2 Å². The van der Waals surface area contributed by atoms with Crippen LogP contribution in [0.3, 0.4) is 0 Å².